The second-order valence-corrected chi connectivity index (χ2v) is 9.58. The predicted octanol–water partition coefficient (Wildman–Crippen LogP) is 4.89. The summed E-state index contributed by atoms with van der Waals surface area (Å²) in [4.78, 5) is -0.904. The van der Waals surface area contributed by atoms with Crippen LogP contribution in [0.3, 0.4) is 0 Å². The zero-order valence-corrected chi connectivity index (χ0v) is 16.6. The van der Waals surface area contributed by atoms with Crippen LogP contribution in [0.1, 0.15) is 20.3 Å². The number of aliphatic hydroxyl groups is 1. The van der Waals surface area contributed by atoms with Gasteiger partial charge in [0.1, 0.15) is 0 Å². The lowest BCUT2D eigenvalue weighted by atomic mass is 9.94. The van der Waals surface area contributed by atoms with Crippen molar-refractivity contribution < 1.29 is 5.11 Å². The molecule has 0 spiro atoms. The molecular formula is C10H16Br3Cl3O. The number of alkyl halides is 6. The van der Waals surface area contributed by atoms with Crippen LogP contribution in [0.25, 0.3) is 0 Å². The van der Waals surface area contributed by atoms with Crippen LogP contribution in [0.2, 0.25) is 0 Å². The summed E-state index contributed by atoms with van der Waals surface area (Å²) in [6, 6.07) is 0. The Kier molecular flexibility index (Phi) is 8.95. The van der Waals surface area contributed by atoms with Crippen molar-refractivity contribution >= 4 is 82.6 Å². The molecule has 5 unspecified atom stereocenters. The summed E-state index contributed by atoms with van der Waals surface area (Å²) in [5.74, 6) is 0.404. The van der Waals surface area contributed by atoms with E-state index in [4.69, 9.17) is 34.8 Å². The van der Waals surface area contributed by atoms with Crippen molar-refractivity contribution in [2.75, 3.05) is 11.2 Å². The molecule has 1 nitrogen and oxygen atoms in total. The van der Waals surface area contributed by atoms with E-state index in [-0.39, 0.29) is 14.5 Å². The van der Waals surface area contributed by atoms with Crippen molar-refractivity contribution in [2.24, 2.45) is 0 Å². The van der Waals surface area contributed by atoms with Gasteiger partial charge in [0, 0.05) is 16.0 Å². The number of halogens is 6. The van der Waals surface area contributed by atoms with Gasteiger partial charge in [-0.1, -0.05) is 47.8 Å². The quantitative estimate of drug-likeness (QED) is 0.496. The lowest BCUT2D eigenvalue weighted by molar-refractivity contribution is 0.153. The Morgan fingerprint density at radius 3 is 2.18 bits per heavy atom. The van der Waals surface area contributed by atoms with Gasteiger partial charge in [-0.05, 0) is 20.3 Å². The SMILES string of the molecule is CC(Br)(CCl)C(Cl)CC(Br)C(C)(Cl)C(O)CBr. The Hall–Kier alpha value is 2.27. The van der Waals surface area contributed by atoms with E-state index in [9.17, 15) is 5.11 Å². The minimum absolute atomic E-state index is 0.119. The molecule has 1 N–H and O–H groups in total. The summed E-state index contributed by atoms with van der Waals surface area (Å²) in [7, 11) is 0. The third kappa shape index (κ3) is 5.65. The largest absolute Gasteiger partial charge is 0.390 e. The highest BCUT2D eigenvalue weighted by molar-refractivity contribution is 9.10. The first kappa shape index (κ1) is 19.3. The summed E-state index contributed by atoms with van der Waals surface area (Å²) < 4.78 is -0.353. The minimum atomic E-state index is -0.786. The molecule has 0 aromatic carbocycles. The Labute approximate surface area is 143 Å². The van der Waals surface area contributed by atoms with Crippen molar-refractivity contribution in [3.05, 3.63) is 0 Å². The highest BCUT2D eigenvalue weighted by atomic mass is 79.9. The zero-order valence-electron chi connectivity index (χ0n) is 9.57. The molecule has 0 aliphatic carbocycles. The molecule has 0 aromatic heterocycles. The van der Waals surface area contributed by atoms with Crippen molar-refractivity contribution in [1.29, 1.82) is 0 Å². The lowest BCUT2D eigenvalue weighted by Crippen LogP contribution is -2.45. The van der Waals surface area contributed by atoms with Crippen molar-refractivity contribution in [3.8, 4) is 0 Å². The molecule has 0 aliphatic heterocycles. The molecule has 0 saturated heterocycles. The molecule has 5 atom stereocenters. The normalized spacial score (nSPS) is 24.5. The fourth-order valence-electron chi connectivity index (χ4n) is 1.10. The third-order valence-electron chi connectivity index (χ3n) is 2.74. The molecule has 0 radical (unpaired) electrons. The van der Waals surface area contributed by atoms with E-state index >= 15 is 0 Å². The molecule has 0 amide bonds. The van der Waals surface area contributed by atoms with Gasteiger partial charge in [-0.3, -0.25) is 0 Å². The van der Waals surface area contributed by atoms with Crippen molar-refractivity contribution in [2.45, 2.75) is 45.8 Å². The van der Waals surface area contributed by atoms with Crippen LogP contribution in [0.4, 0.5) is 0 Å². The fraction of sp³-hybridized carbons (Fsp3) is 1.00. The van der Waals surface area contributed by atoms with Gasteiger partial charge in [-0.15, -0.1) is 34.8 Å². The van der Waals surface area contributed by atoms with E-state index in [0.717, 1.165) is 0 Å². The molecule has 0 saturated carbocycles. The minimum Gasteiger partial charge on any atom is -0.390 e. The topological polar surface area (TPSA) is 20.2 Å². The zero-order chi connectivity index (χ0) is 13.9. The molecular weight excluding hydrogens is 482 g/mol. The average Bonchev–Trinajstić information content (AvgIpc) is 2.27. The summed E-state index contributed by atoms with van der Waals surface area (Å²) >= 11 is 28.7. The average molecular weight is 498 g/mol. The number of hydrogen-bond acceptors (Lipinski definition) is 1. The number of rotatable bonds is 7. The number of aliphatic hydroxyl groups excluding tert-OH is 1. The highest BCUT2D eigenvalue weighted by Gasteiger charge is 2.40. The smallest absolute Gasteiger partial charge is 0.0836 e. The summed E-state index contributed by atoms with van der Waals surface area (Å²) in [5, 5.41) is 10.1. The predicted molar refractivity (Wildman–Crippen MR) is 89.1 cm³/mol. The molecule has 7 heteroatoms. The lowest BCUT2D eigenvalue weighted by Gasteiger charge is -2.35. The number of hydrogen-bond donors (Lipinski definition) is 1. The monoisotopic (exact) mass is 494 g/mol. The van der Waals surface area contributed by atoms with Crippen LogP contribution in [0.5, 0.6) is 0 Å². The van der Waals surface area contributed by atoms with Crippen molar-refractivity contribution in [1.82, 2.24) is 0 Å². The molecule has 0 bridgehead atoms. The summed E-state index contributed by atoms with van der Waals surface area (Å²) in [6.07, 6.45) is -0.0601. The second kappa shape index (κ2) is 7.90. The Morgan fingerprint density at radius 1 is 1.35 bits per heavy atom. The molecule has 104 valence electrons. The van der Waals surface area contributed by atoms with Gasteiger partial charge in [0.25, 0.3) is 0 Å². The van der Waals surface area contributed by atoms with Gasteiger partial charge in [-0.2, -0.15) is 0 Å². The maximum absolute atomic E-state index is 9.84. The van der Waals surface area contributed by atoms with E-state index < -0.39 is 11.0 Å². The van der Waals surface area contributed by atoms with Crippen LogP contribution >= 0.6 is 82.6 Å². The first-order valence-electron chi connectivity index (χ1n) is 5.05. The van der Waals surface area contributed by atoms with E-state index in [1.54, 1.807) is 6.92 Å². The van der Waals surface area contributed by atoms with Crippen LogP contribution in [-0.4, -0.2) is 41.8 Å². The summed E-state index contributed by atoms with van der Waals surface area (Å²) in [5.41, 5.74) is 0. The molecule has 0 heterocycles. The molecule has 17 heavy (non-hydrogen) atoms. The van der Waals surface area contributed by atoms with Crippen LogP contribution in [0, 0.1) is 0 Å². The molecule has 0 fully saturated rings. The van der Waals surface area contributed by atoms with Crippen molar-refractivity contribution in [3.63, 3.8) is 0 Å². The van der Waals surface area contributed by atoms with E-state index in [1.807, 2.05) is 6.92 Å². The fourth-order valence-corrected chi connectivity index (χ4v) is 3.73. The third-order valence-corrected chi connectivity index (χ3v) is 8.09. The maximum Gasteiger partial charge on any atom is 0.0836 e. The first-order chi connectivity index (χ1) is 7.59. The van der Waals surface area contributed by atoms with E-state index in [0.29, 0.717) is 17.6 Å². The van der Waals surface area contributed by atoms with Gasteiger partial charge >= 0.3 is 0 Å². The Morgan fingerprint density at radius 2 is 1.82 bits per heavy atom. The Balaban J connectivity index is 4.59. The van der Waals surface area contributed by atoms with E-state index in [2.05, 4.69) is 47.8 Å². The second-order valence-electron chi connectivity index (χ2n) is 4.40. The van der Waals surface area contributed by atoms with Gasteiger partial charge in [0.05, 0.1) is 20.7 Å². The Bertz CT molecular complexity index is 239. The molecule has 0 rings (SSSR count). The van der Waals surface area contributed by atoms with Crippen LogP contribution in [-0.2, 0) is 0 Å². The van der Waals surface area contributed by atoms with Crippen LogP contribution < -0.4 is 0 Å². The highest BCUT2D eigenvalue weighted by Crippen LogP contribution is 2.38. The van der Waals surface area contributed by atoms with Gasteiger partial charge < -0.3 is 5.11 Å². The van der Waals surface area contributed by atoms with Gasteiger partial charge in [0.15, 0.2) is 0 Å². The summed E-state index contributed by atoms with van der Waals surface area (Å²) in [6.45, 7) is 3.72. The first-order valence-corrected chi connectivity index (χ1v) is 9.23. The molecule has 0 aliphatic rings. The van der Waals surface area contributed by atoms with Crippen LogP contribution in [0.15, 0.2) is 0 Å². The van der Waals surface area contributed by atoms with E-state index in [1.165, 1.54) is 0 Å². The maximum atomic E-state index is 9.84. The van der Waals surface area contributed by atoms with Gasteiger partial charge in [0.2, 0.25) is 0 Å². The standard InChI is InChI=1S/C10H16Br3Cl3O/c1-9(13,5-14)7(15)3-6(12)10(2,16)8(17)4-11/h6-8,17H,3-5H2,1-2H3. The molecule has 0 aromatic rings. The van der Waals surface area contributed by atoms with Gasteiger partial charge in [-0.25, -0.2) is 0 Å².